The van der Waals surface area contributed by atoms with Gasteiger partial charge in [-0.1, -0.05) is 36.6 Å². The van der Waals surface area contributed by atoms with Crippen molar-refractivity contribution in [2.75, 3.05) is 5.32 Å². The molecule has 0 bridgehead atoms. The first-order chi connectivity index (χ1) is 13.3. The van der Waals surface area contributed by atoms with E-state index in [9.17, 15) is 19.5 Å². The summed E-state index contributed by atoms with van der Waals surface area (Å²) in [5.74, 6) is -1.83. The van der Waals surface area contributed by atoms with Crippen molar-refractivity contribution in [2.45, 2.75) is 38.5 Å². The second-order valence-corrected chi connectivity index (χ2v) is 8.54. The van der Waals surface area contributed by atoms with Gasteiger partial charge in [0.25, 0.3) is 5.91 Å². The highest BCUT2D eigenvalue weighted by atomic mass is 35.5. The molecule has 1 aliphatic rings. The van der Waals surface area contributed by atoms with Crippen molar-refractivity contribution in [1.29, 1.82) is 0 Å². The fourth-order valence-corrected chi connectivity index (χ4v) is 5.03. The van der Waals surface area contributed by atoms with E-state index >= 15 is 0 Å². The van der Waals surface area contributed by atoms with Crippen molar-refractivity contribution < 1.29 is 19.5 Å². The minimum Gasteiger partial charge on any atom is -0.481 e. The summed E-state index contributed by atoms with van der Waals surface area (Å²) in [7, 11) is 0. The lowest BCUT2D eigenvalue weighted by molar-refractivity contribution is -0.140. The zero-order chi connectivity index (χ0) is 20.3. The molecule has 28 heavy (non-hydrogen) atoms. The number of rotatable bonds is 7. The number of hydrogen-bond donors (Lipinski definition) is 3. The van der Waals surface area contributed by atoms with E-state index in [-0.39, 0.29) is 24.3 Å². The lowest BCUT2D eigenvalue weighted by Gasteiger charge is -2.26. The Morgan fingerprint density at radius 1 is 1.14 bits per heavy atom. The molecule has 1 aromatic heterocycles. The van der Waals surface area contributed by atoms with E-state index in [1.165, 1.54) is 11.3 Å². The molecule has 1 aromatic carbocycles. The summed E-state index contributed by atoms with van der Waals surface area (Å²) in [6.45, 7) is 0. The van der Waals surface area contributed by atoms with Gasteiger partial charge in [0.1, 0.15) is 5.00 Å². The number of benzene rings is 1. The fraction of sp³-hybridized carbons (Fsp3) is 0.350. The highest BCUT2D eigenvalue weighted by Gasteiger charge is 2.38. The van der Waals surface area contributed by atoms with Gasteiger partial charge >= 0.3 is 5.97 Å². The molecule has 0 atom stereocenters. The molecule has 0 unspecified atom stereocenters. The van der Waals surface area contributed by atoms with E-state index in [1.807, 2.05) is 0 Å². The third-order valence-corrected chi connectivity index (χ3v) is 6.32. The Morgan fingerprint density at radius 3 is 2.36 bits per heavy atom. The Morgan fingerprint density at radius 2 is 1.79 bits per heavy atom. The lowest BCUT2D eigenvalue weighted by Crippen LogP contribution is -2.28. The normalized spacial score (nSPS) is 15.3. The first-order valence-electron chi connectivity index (χ1n) is 8.98. The van der Waals surface area contributed by atoms with Crippen LogP contribution in [0.25, 0.3) is 11.1 Å². The Bertz CT molecular complexity index is 901. The van der Waals surface area contributed by atoms with Gasteiger partial charge in [-0.15, -0.1) is 11.3 Å². The molecular weight excluding hydrogens is 400 g/mol. The van der Waals surface area contributed by atoms with Crippen LogP contribution in [0.2, 0.25) is 5.02 Å². The average molecular weight is 421 g/mol. The summed E-state index contributed by atoms with van der Waals surface area (Å²) in [6.07, 6.45) is 3.38. The number of nitrogens with one attached hydrogen (secondary N) is 1. The fourth-order valence-electron chi connectivity index (χ4n) is 3.91. The maximum atomic E-state index is 12.7. The van der Waals surface area contributed by atoms with Gasteiger partial charge < -0.3 is 16.2 Å². The number of thiophene rings is 1. The van der Waals surface area contributed by atoms with E-state index in [1.54, 1.807) is 29.6 Å². The van der Waals surface area contributed by atoms with Crippen LogP contribution in [0.4, 0.5) is 5.00 Å². The van der Waals surface area contributed by atoms with Crippen LogP contribution in [-0.2, 0) is 9.59 Å². The number of carboxylic acid groups (broad SMARTS) is 1. The number of hydrogen-bond acceptors (Lipinski definition) is 4. The predicted octanol–water partition coefficient (Wildman–Crippen LogP) is 4.53. The van der Waals surface area contributed by atoms with Crippen LogP contribution in [0.15, 0.2) is 29.6 Å². The molecular formula is C20H21ClN2O4S. The number of nitrogens with two attached hydrogens (primary N) is 1. The van der Waals surface area contributed by atoms with Crippen LogP contribution in [0.5, 0.6) is 0 Å². The molecule has 0 spiro atoms. The molecule has 8 heteroatoms. The molecule has 1 heterocycles. The smallest absolute Gasteiger partial charge is 0.303 e. The van der Waals surface area contributed by atoms with E-state index in [4.69, 9.17) is 17.3 Å². The average Bonchev–Trinajstić information content (AvgIpc) is 3.22. The summed E-state index contributed by atoms with van der Waals surface area (Å²) < 4.78 is 0. The minimum atomic E-state index is -0.895. The third kappa shape index (κ3) is 4.54. The zero-order valence-corrected chi connectivity index (χ0v) is 16.7. The molecule has 1 aliphatic carbocycles. The number of aliphatic carboxylic acids is 1. The number of carbonyl (C=O) groups is 3. The number of primary amides is 1. The summed E-state index contributed by atoms with van der Waals surface area (Å²) in [4.78, 5) is 35.9. The molecule has 6 nitrogen and oxygen atoms in total. The van der Waals surface area contributed by atoms with Gasteiger partial charge in [-0.05, 0) is 36.0 Å². The van der Waals surface area contributed by atoms with Crippen LogP contribution in [-0.4, -0.2) is 22.9 Å². The molecule has 1 fully saturated rings. The maximum Gasteiger partial charge on any atom is 0.303 e. The molecule has 2 aromatic rings. The quantitative estimate of drug-likeness (QED) is 0.611. The van der Waals surface area contributed by atoms with Crippen molar-refractivity contribution in [2.24, 2.45) is 11.1 Å². The van der Waals surface area contributed by atoms with E-state index in [0.717, 1.165) is 31.2 Å². The second-order valence-electron chi connectivity index (χ2n) is 7.23. The second kappa shape index (κ2) is 8.32. The first-order valence-corrected chi connectivity index (χ1v) is 10.2. The van der Waals surface area contributed by atoms with Crippen LogP contribution >= 0.6 is 22.9 Å². The minimum absolute atomic E-state index is 0.0242. The largest absolute Gasteiger partial charge is 0.481 e. The van der Waals surface area contributed by atoms with E-state index in [2.05, 4.69) is 5.32 Å². The summed E-state index contributed by atoms with van der Waals surface area (Å²) in [5.41, 5.74) is 6.71. The van der Waals surface area contributed by atoms with Crippen molar-refractivity contribution in [1.82, 2.24) is 0 Å². The van der Waals surface area contributed by atoms with Gasteiger partial charge in [0.05, 0.1) is 12.0 Å². The number of carbonyl (C=O) groups excluding carboxylic acids is 2. The first kappa shape index (κ1) is 20.4. The Hall–Kier alpha value is -2.38. The molecule has 0 radical (unpaired) electrons. The number of halogens is 1. The number of amides is 2. The molecule has 148 valence electrons. The predicted molar refractivity (Wildman–Crippen MR) is 110 cm³/mol. The molecule has 0 aliphatic heterocycles. The van der Waals surface area contributed by atoms with Crippen LogP contribution in [0, 0.1) is 5.41 Å². The zero-order valence-electron chi connectivity index (χ0n) is 15.2. The standard InChI is InChI=1S/C20H21ClN2O4S/c21-13-5-3-12(4-6-13)14-11-28-19(17(14)18(22)27)23-15(24)9-20(10-16(25)26)7-1-2-8-20/h3-6,11H,1-2,7-10H2,(H2,22,27)(H,23,24)(H,25,26). The Kier molecular flexibility index (Phi) is 6.05. The Labute approximate surface area is 171 Å². The molecule has 3 rings (SSSR count). The Balaban J connectivity index is 1.82. The molecule has 4 N–H and O–H groups in total. The molecule has 2 amide bonds. The highest BCUT2D eigenvalue weighted by molar-refractivity contribution is 7.15. The van der Waals surface area contributed by atoms with Crippen LogP contribution in [0.3, 0.4) is 0 Å². The van der Waals surface area contributed by atoms with Gasteiger partial charge in [-0.3, -0.25) is 14.4 Å². The van der Waals surface area contributed by atoms with Crippen LogP contribution in [0.1, 0.15) is 48.9 Å². The topological polar surface area (TPSA) is 109 Å². The van der Waals surface area contributed by atoms with Crippen molar-refractivity contribution >= 4 is 45.7 Å². The van der Waals surface area contributed by atoms with Gasteiger partial charge in [0.15, 0.2) is 0 Å². The van der Waals surface area contributed by atoms with E-state index < -0.39 is 17.3 Å². The monoisotopic (exact) mass is 420 g/mol. The third-order valence-electron chi connectivity index (χ3n) is 5.17. The molecule has 1 saturated carbocycles. The number of carboxylic acids is 1. The SMILES string of the molecule is NC(=O)c1c(-c2ccc(Cl)cc2)csc1NC(=O)CC1(CC(=O)O)CCCC1. The summed E-state index contributed by atoms with van der Waals surface area (Å²) >= 11 is 7.14. The van der Waals surface area contributed by atoms with E-state index in [0.29, 0.717) is 15.6 Å². The molecule has 0 saturated heterocycles. The van der Waals surface area contributed by atoms with Gasteiger partial charge in [-0.2, -0.15) is 0 Å². The maximum absolute atomic E-state index is 12.7. The van der Waals surface area contributed by atoms with Crippen molar-refractivity contribution in [3.63, 3.8) is 0 Å². The van der Waals surface area contributed by atoms with Gasteiger partial charge in [0, 0.05) is 22.4 Å². The lowest BCUT2D eigenvalue weighted by atomic mass is 9.79. The highest BCUT2D eigenvalue weighted by Crippen LogP contribution is 2.44. The van der Waals surface area contributed by atoms with Gasteiger partial charge in [-0.25, -0.2) is 0 Å². The van der Waals surface area contributed by atoms with Crippen molar-refractivity contribution in [3.8, 4) is 11.1 Å². The summed E-state index contributed by atoms with van der Waals surface area (Å²) in [5, 5.41) is 14.7. The van der Waals surface area contributed by atoms with Gasteiger partial charge in [0.2, 0.25) is 5.91 Å². The number of anilines is 1. The van der Waals surface area contributed by atoms with Crippen LogP contribution < -0.4 is 11.1 Å². The summed E-state index contributed by atoms with van der Waals surface area (Å²) in [6, 6.07) is 6.99. The van der Waals surface area contributed by atoms with Crippen molar-refractivity contribution in [3.05, 3.63) is 40.2 Å².